The van der Waals surface area contributed by atoms with Gasteiger partial charge in [-0.15, -0.1) is 0 Å². The van der Waals surface area contributed by atoms with Crippen molar-refractivity contribution in [3.63, 3.8) is 0 Å². The van der Waals surface area contributed by atoms with E-state index < -0.39 is 11.9 Å². The summed E-state index contributed by atoms with van der Waals surface area (Å²) in [6.07, 6.45) is 3.13. The van der Waals surface area contributed by atoms with Crippen molar-refractivity contribution in [3.8, 4) is 5.75 Å². The molecule has 9 nitrogen and oxygen atoms in total. The summed E-state index contributed by atoms with van der Waals surface area (Å²) in [5.74, 6) is -0.757. The Labute approximate surface area is 195 Å². The molecule has 1 aliphatic heterocycles. The fraction of sp³-hybridized carbons (Fsp3) is 0.250. The van der Waals surface area contributed by atoms with Crippen molar-refractivity contribution < 1.29 is 23.5 Å². The molecule has 1 fully saturated rings. The fourth-order valence-corrected chi connectivity index (χ4v) is 3.69. The smallest absolute Gasteiger partial charge is 0.247 e. The first-order chi connectivity index (χ1) is 16.5. The fourth-order valence-electron chi connectivity index (χ4n) is 3.69. The first-order valence-corrected chi connectivity index (χ1v) is 10.8. The van der Waals surface area contributed by atoms with Crippen molar-refractivity contribution in [2.24, 2.45) is 0 Å². The molecule has 0 aliphatic carbocycles. The number of hydrogen-bond donors (Lipinski definition) is 2. The van der Waals surface area contributed by atoms with Crippen molar-refractivity contribution in [2.75, 3.05) is 25.0 Å². The van der Waals surface area contributed by atoms with Crippen LogP contribution in [-0.2, 0) is 20.9 Å². The summed E-state index contributed by atoms with van der Waals surface area (Å²) >= 11 is 0. The molecule has 2 heterocycles. The topological polar surface area (TPSA) is 106 Å². The molecule has 1 aromatic heterocycles. The zero-order valence-corrected chi connectivity index (χ0v) is 18.3. The van der Waals surface area contributed by atoms with Gasteiger partial charge < -0.3 is 20.3 Å². The molecule has 0 spiro atoms. The second-order valence-electron chi connectivity index (χ2n) is 7.72. The van der Waals surface area contributed by atoms with Gasteiger partial charge in [0.25, 0.3) is 0 Å². The monoisotopic (exact) mass is 465 g/mol. The molecule has 0 saturated carbocycles. The van der Waals surface area contributed by atoms with E-state index in [2.05, 4.69) is 15.7 Å². The van der Waals surface area contributed by atoms with Gasteiger partial charge in [-0.05, 0) is 29.8 Å². The maximum absolute atomic E-state index is 13.7. The Morgan fingerprint density at radius 1 is 1.18 bits per heavy atom. The van der Waals surface area contributed by atoms with Crippen molar-refractivity contribution in [1.82, 2.24) is 20.0 Å². The van der Waals surface area contributed by atoms with Crippen LogP contribution >= 0.6 is 0 Å². The molecule has 3 amide bonds. The Bertz CT molecular complexity index is 1170. The first kappa shape index (κ1) is 23.0. The molecular formula is C24H24FN5O4. The molecule has 0 bridgehead atoms. The standard InChI is InChI=1S/C24H24FN5O4/c25-18-6-4-5-17(13-18)23-24(33)26-10-11-30(23)22(32)16-29-15-19(14-27-29)28-21(31)9-12-34-20-7-2-1-3-8-20/h1-8,13-15,23H,9-12,16H2,(H,26,33)(H,28,31). The number of amides is 3. The van der Waals surface area contributed by atoms with Crippen molar-refractivity contribution in [1.29, 1.82) is 0 Å². The maximum atomic E-state index is 13.7. The zero-order chi connectivity index (χ0) is 23.9. The maximum Gasteiger partial charge on any atom is 0.247 e. The number of piperazine rings is 1. The zero-order valence-electron chi connectivity index (χ0n) is 18.3. The lowest BCUT2D eigenvalue weighted by molar-refractivity contribution is -0.144. The van der Waals surface area contributed by atoms with Gasteiger partial charge in [0.15, 0.2) is 0 Å². The van der Waals surface area contributed by atoms with Crippen LogP contribution in [0.15, 0.2) is 67.0 Å². The van der Waals surface area contributed by atoms with E-state index in [1.807, 2.05) is 30.3 Å². The van der Waals surface area contributed by atoms with Gasteiger partial charge in [-0.1, -0.05) is 30.3 Å². The summed E-state index contributed by atoms with van der Waals surface area (Å²) < 4.78 is 20.6. The van der Waals surface area contributed by atoms with Crippen LogP contribution < -0.4 is 15.4 Å². The van der Waals surface area contributed by atoms with Crippen LogP contribution in [0, 0.1) is 5.82 Å². The van der Waals surface area contributed by atoms with Crippen LogP contribution in [0.2, 0.25) is 0 Å². The number of nitrogens with zero attached hydrogens (tertiary/aromatic N) is 3. The Kier molecular flexibility index (Phi) is 7.16. The lowest BCUT2D eigenvalue weighted by atomic mass is 10.0. The van der Waals surface area contributed by atoms with Crippen LogP contribution in [-0.4, -0.2) is 52.1 Å². The van der Waals surface area contributed by atoms with Gasteiger partial charge in [-0.25, -0.2) is 4.39 Å². The van der Waals surface area contributed by atoms with Gasteiger partial charge in [-0.2, -0.15) is 5.10 Å². The van der Waals surface area contributed by atoms with E-state index in [-0.39, 0.29) is 43.8 Å². The number of carbonyl (C=O) groups excluding carboxylic acids is 3. The van der Waals surface area contributed by atoms with E-state index in [9.17, 15) is 18.8 Å². The number of anilines is 1. The highest BCUT2D eigenvalue weighted by molar-refractivity contribution is 5.91. The Morgan fingerprint density at radius 3 is 2.79 bits per heavy atom. The highest BCUT2D eigenvalue weighted by atomic mass is 19.1. The lowest BCUT2D eigenvalue weighted by Crippen LogP contribution is -2.52. The third kappa shape index (κ3) is 5.77. The highest BCUT2D eigenvalue weighted by Crippen LogP contribution is 2.24. The largest absolute Gasteiger partial charge is 0.493 e. The molecule has 1 unspecified atom stereocenters. The Balaban J connectivity index is 1.33. The average Bonchev–Trinajstić information content (AvgIpc) is 3.26. The molecule has 0 radical (unpaired) electrons. The molecule has 1 saturated heterocycles. The molecule has 34 heavy (non-hydrogen) atoms. The molecule has 1 atom stereocenters. The van der Waals surface area contributed by atoms with E-state index in [1.54, 1.807) is 6.07 Å². The van der Waals surface area contributed by atoms with E-state index in [1.165, 1.54) is 40.2 Å². The molecule has 1 aliphatic rings. The number of aromatic nitrogens is 2. The normalized spacial score (nSPS) is 15.5. The number of rotatable bonds is 8. The van der Waals surface area contributed by atoms with E-state index in [0.717, 1.165) is 0 Å². The number of para-hydroxylation sites is 1. The van der Waals surface area contributed by atoms with Gasteiger partial charge in [-0.3, -0.25) is 19.1 Å². The van der Waals surface area contributed by atoms with Crippen LogP contribution in [0.1, 0.15) is 18.0 Å². The van der Waals surface area contributed by atoms with Crippen LogP contribution in [0.4, 0.5) is 10.1 Å². The predicted molar refractivity (Wildman–Crippen MR) is 121 cm³/mol. The second-order valence-corrected chi connectivity index (χ2v) is 7.72. The minimum atomic E-state index is -0.920. The minimum Gasteiger partial charge on any atom is -0.493 e. The number of carbonyl (C=O) groups is 3. The lowest BCUT2D eigenvalue weighted by Gasteiger charge is -2.35. The van der Waals surface area contributed by atoms with E-state index in [0.29, 0.717) is 23.5 Å². The quantitative estimate of drug-likeness (QED) is 0.530. The summed E-state index contributed by atoms with van der Waals surface area (Å²) in [6.45, 7) is 0.687. The molecular weight excluding hydrogens is 441 g/mol. The molecule has 2 aromatic carbocycles. The third-order valence-corrected chi connectivity index (χ3v) is 5.25. The number of ether oxygens (including phenoxy) is 1. The van der Waals surface area contributed by atoms with Gasteiger partial charge in [0.05, 0.1) is 24.9 Å². The summed E-state index contributed by atoms with van der Waals surface area (Å²) in [5, 5.41) is 9.56. The Hall–Kier alpha value is -4.21. The van der Waals surface area contributed by atoms with Crippen molar-refractivity contribution in [3.05, 3.63) is 78.4 Å². The number of nitrogens with one attached hydrogen (secondary N) is 2. The Morgan fingerprint density at radius 2 is 2.00 bits per heavy atom. The first-order valence-electron chi connectivity index (χ1n) is 10.8. The number of benzene rings is 2. The van der Waals surface area contributed by atoms with Crippen molar-refractivity contribution in [2.45, 2.75) is 19.0 Å². The highest BCUT2D eigenvalue weighted by Gasteiger charge is 2.34. The molecule has 10 heteroatoms. The third-order valence-electron chi connectivity index (χ3n) is 5.25. The van der Waals surface area contributed by atoms with E-state index in [4.69, 9.17) is 4.74 Å². The molecule has 3 aromatic rings. The average molecular weight is 465 g/mol. The van der Waals surface area contributed by atoms with Crippen LogP contribution in [0.5, 0.6) is 5.75 Å². The summed E-state index contributed by atoms with van der Waals surface area (Å²) in [7, 11) is 0. The van der Waals surface area contributed by atoms with Gasteiger partial charge in [0, 0.05) is 19.3 Å². The van der Waals surface area contributed by atoms with Gasteiger partial charge >= 0.3 is 0 Å². The van der Waals surface area contributed by atoms with Crippen molar-refractivity contribution >= 4 is 23.4 Å². The summed E-state index contributed by atoms with van der Waals surface area (Å²) in [4.78, 5) is 39.0. The molecule has 2 N–H and O–H groups in total. The summed E-state index contributed by atoms with van der Waals surface area (Å²) in [6, 6.07) is 13.9. The molecule has 176 valence electrons. The van der Waals surface area contributed by atoms with Gasteiger partial charge in [0.1, 0.15) is 24.2 Å². The SMILES string of the molecule is O=C(CCOc1ccccc1)Nc1cnn(CC(=O)N2CCNC(=O)C2c2cccc(F)c2)c1. The molecule has 4 rings (SSSR count). The van der Waals surface area contributed by atoms with E-state index >= 15 is 0 Å². The summed E-state index contributed by atoms with van der Waals surface area (Å²) in [5.41, 5.74) is 0.840. The second kappa shape index (κ2) is 10.6. The van der Waals surface area contributed by atoms with Crippen LogP contribution in [0.3, 0.4) is 0 Å². The minimum absolute atomic E-state index is 0.133. The number of hydrogen-bond acceptors (Lipinski definition) is 5. The van der Waals surface area contributed by atoms with Crippen LogP contribution in [0.25, 0.3) is 0 Å². The number of halogens is 1. The predicted octanol–water partition coefficient (Wildman–Crippen LogP) is 2.13. The van der Waals surface area contributed by atoms with Gasteiger partial charge in [0.2, 0.25) is 17.7 Å².